The number of carbonyl (C=O) groups is 2. The average molecular weight is 319 g/mol. The van der Waals surface area contributed by atoms with Crippen molar-refractivity contribution in [3.63, 3.8) is 0 Å². The summed E-state index contributed by atoms with van der Waals surface area (Å²) in [6, 6.07) is 2.42. The molecule has 1 aliphatic rings. The molecule has 0 aromatic heterocycles. The third-order valence-corrected chi connectivity index (χ3v) is 4.47. The van der Waals surface area contributed by atoms with E-state index in [-0.39, 0.29) is 16.1 Å². The zero-order valence-electron chi connectivity index (χ0n) is 10.5. The summed E-state index contributed by atoms with van der Waals surface area (Å²) in [7, 11) is 0. The van der Waals surface area contributed by atoms with Crippen molar-refractivity contribution in [2.45, 2.75) is 18.3 Å². The summed E-state index contributed by atoms with van der Waals surface area (Å²) in [5, 5.41) is 11.2. The van der Waals surface area contributed by atoms with Gasteiger partial charge >= 0.3 is 12.0 Å². The van der Waals surface area contributed by atoms with E-state index < -0.39 is 23.9 Å². The van der Waals surface area contributed by atoms with Gasteiger partial charge in [0.1, 0.15) is 11.9 Å². The van der Waals surface area contributed by atoms with Crippen molar-refractivity contribution < 1.29 is 19.1 Å². The molecule has 1 aliphatic heterocycles. The number of urea groups is 1. The van der Waals surface area contributed by atoms with Crippen LogP contribution in [0, 0.1) is 5.82 Å². The van der Waals surface area contributed by atoms with E-state index in [2.05, 4.69) is 5.32 Å². The molecule has 0 aliphatic carbocycles. The topological polar surface area (TPSA) is 69.6 Å². The van der Waals surface area contributed by atoms with Gasteiger partial charge in [0.15, 0.2) is 0 Å². The number of thioether (sulfide) groups is 1. The number of hydrogen-bond donors (Lipinski definition) is 2. The minimum absolute atomic E-state index is 0.0599. The fourth-order valence-corrected chi connectivity index (χ4v) is 3.31. The van der Waals surface area contributed by atoms with Gasteiger partial charge in [-0.2, -0.15) is 0 Å². The summed E-state index contributed by atoms with van der Waals surface area (Å²) >= 11 is 7.17. The molecule has 2 amide bonds. The van der Waals surface area contributed by atoms with E-state index in [0.29, 0.717) is 5.75 Å². The number of halogens is 2. The minimum Gasteiger partial charge on any atom is -0.480 e. The molecule has 2 atom stereocenters. The van der Waals surface area contributed by atoms with E-state index in [4.69, 9.17) is 16.7 Å². The molecule has 1 heterocycles. The average Bonchev–Trinajstić information content (AvgIpc) is 2.76. The van der Waals surface area contributed by atoms with Crippen LogP contribution in [0.3, 0.4) is 0 Å². The van der Waals surface area contributed by atoms with E-state index in [1.807, 2.05) is 0 Å². The summed E-state index contributed by atoms with van der Waals surface area (Å²) in [5.41, 5.74) is -0.146. The van der Waals surface area contributed by atoms with Gasteiger partial charge in [0.2, 0.25) is 0 Å². The standard InChI is InChI=1S/C12H12ClFN2O3S/c1-6-16(9(5-20-6)11(17)18)12(19)15-10-7(13)3-2-4-8(10)14/h2-4,6,9H,5H2,1H3,(H,15,19)(H,17,18). The third kappa shape index (κ3) is 2.83. The first-order valence-corrected chi connectivity index (χ1v) is 7.22. The van der Waals surface area contributed by atoms with Gasteiger partial charge in [-0.05, 0) is 19.1 Å². The predicted molar refractivity (Wildman–Crippen MR) is 75.6 cm³/mol. The Morgan fingerprint density at radius 1 is 1.55 bits per heavy atom. The van der Waals surface area contributed by atoms with Gasteiger partial charge < -0.3 is 10.4 Å². The lowest BCUT2D eigenvalue weighted by atomic mass is 10.3. The monoisotopic (exact) mass is 318 g/mol. The van der Waals surface area contributed by atoms with Gasteiger partial charge in [0.25, 0.3) is 0 Å². The maximum Gasteiger partial charge on any atom is 0.327 e. The van der Waals surface area contributed by atoms with Crippen molar-refractivity contribution in [2.24, 2.45) is 0 Å². The summed E-state index contributed by atoms with van der Waals surface area (Å²) in [6.07, 6.45) is 0. The molecule has 1 aromatic rings. The number of nitrogens with one attached hydrogen (secondary N) is 1. The molecule has 5 nitrogen and oxygen atoms in total. The molecule has 0 bridgehead atoms. The number of carboxylic acids is 1. The highest BCUT2D eigenvalue weighted by molar-refractivity contribution is 8.00. The lowest BCUT2D eigenvalue weighted by Gasteiger charge is -2.25. The smallest absolute Gasteiger partial charge is 0.327 e. The van der Waals surface area contributed by atoms with Gasteiger partial charge in [-0.1, -0.05) is 17.7 Å². The van der Waals surface area contributed by atoms with E-state index in [9.17, 15) is 14.0 Å². The number of anilines is 1. The van der Waals surface area contributed by atoms with Crippen molar-refractivity contribution in [3.8, 4) is 0 Å². The first-order chi connectivity index (χ1) is 9.41. The van der Waals surface area contributed by atoms with Crippen molar-refractivity contribution in [2.75, 3.05) is 11.1 Å². The van der Waals surface area contributed by atoms with E-state index in [1.54, 1.807) is 6.92 Å². The lowest BCUT2D eigenvalue weighted by Crippen LogP contribution is -2.46. The molecule has 1 aromatic carbocycles. The molecule has 0 saturated carbocycles. The largest absolute Gasteiger partial charge is 0.480 e. The van der Waals surface area contributed by atoms with Gasteiger partial charge in [-0.3, -0.25) is 4.90 Å². The van der Waals surface area contributed by atoms with Crippen molar-refractivity contribution in [1.29, 1.82) is 0 Å². The number of para-hydroxylation sites is 1. The van der Waals surface area contributed by atoms with Crippen LogP contribution >= 0.6 is 23.4 Å². The molecule has 2 rings (SSSR count). The van der Waals surface area contributed by atoms with Crippen LogP contribution in [0.2, 0.25) is 5.02 Å². The number of carboxylic acid groups (broad SMARTS) is 1. The molecular weight excluding hydrogens is 307 g/mol. The van der Waals surface area contributed by atoms with Gasteiger partial charge in [-0.25, -0.2) is 14.0 Å². The van der Waals surface area contributed by atoms with Crippen LogP contribution in [-0.4, -0.2) is 39.2 Å². The Kier molecular flexibility index (Phi) is 4.39. The molecule has 1 saturated heterocycles. The number of benzene rings is 1. The van der Waals surface area contributed by atoms with Gasteiger partial charge in [0.05, 0.1) is 16.1 Å². The lowest BCUT2D eigenvalue weighted by molar-refractivity contribution is -0.141. The second-order valence-corrected chi connectivity index (χ2v) is 5.98. The number of carbonyl (C=O) groups excluding carboxylic acids is 1. The Bertz CT molecular complexity index is 537. The SMILES string of the molecule is CC1SCC(C(=O)O)N1C(=O)Nc1c(F)cccc1Cl. The molecule has 0 radical (unpaired) electrons. The van der Waals surface area contributed by atoms with Gasteiger partial charge in [-0.15, -0.1) is 11.8 Å². The number of aliphatic carboxylic acids is 1. The first kappa shape index (κ1) is 14.9. The Balaban J connectivity index is 2.21. The number of hydrogen-bond acceptors (Lipinski definition) is 3. The van der Waals surface area contributed by atoms with Crippen molar-refractivity contribution in [3.05, 3.63) is 29.0 Å². The number of rotatable bonds is 2. The van der Waals surface area contributed by atoms with Crippen LogP contribution in [0.5, 0.6) is 0 Å². The minimum atomic E-state index is -1.09. The fourth-order valence-electron chi connectivity index (χ4n) is 1.93. The Labute approximate surface area is 124 Å². The van der Waals surface area contributed by atoms with Gasteiger partial charge in [0, 0.05) is 5.75 Å². The highest BCUT2D eigenvalue weighted by Crippen LogP contribution is 2.31. The molecule has 2 unspecified atom stereocenters. The van der Waals surface area contributed by atoms with Crippen LogP contribution in [0.4, 0.5) is 14.9 Å². The van der Waals surface area contributed by atoms with E-state index >= 15 is 0 Å². The maximum absolute atomic E-state index is 13.6. The van der Waals surface area contributed by atoms with Crippen LogP contribution in [0.1, 0.15) is 6.92 Å². The van der Waals surface area contributed by atoms with E-state index in [1.165, 1.54) is 34.9 Å². The van der Waals surface area contributed by atoms with Crippen LogP contribution in [-0.2, 0) is 4.79 Å². The van der Waals surface area contributed by atoms with Crippen LogP contribution in [0.25, 0.3) is 0 Å². The Morgan fingerprint density at radius 2 is 2.25 bits per heavy atom. The molecule has 1 fully saturated rings. The predicted octanol–water partition coefficient (Wildman–Crippen LogP) is 2.86. The highest BCUT2D eigenvalue weighted by atomic mass is 35.5. The van der Waals surface area contributed by atoms with Crippen molar-refractivity contribution >= 4 is 41.1 Å². The van der Waals surface area contributed by atoms with E-state index in [0.717, 1.165) is 0 Å². The first-order valence-electron chi connectivity index (χ1n) is 5.79. The quantitative estimate of drug-likeness (QED) is 0.879. The highest BCUT2D eigenvalue weighted by Gasteiger charge is 2.39. The molecular formula is C12H12ClFN2O3S. The zero-order valence-corrected chi connectivity index (χ0v) is 12.0. The second kappa shape index (κ2) is 5.88. The number of amides is 2. The molecule has 0 spiro atoms. The molecule has 8 heteroatoms. The summed E-state index contributed by atoms with van der Waals surface area (Å²) in [6.45, 7) is 1.72. The normalized spacial score (nSPS) is 21.9. The zero-order chi connectivity index (χ0) is 14.9. The summed E-state index contributed by atoms with van der Waals surface area (Å²) in [5.74, 6) is -1.46. The third-order valence-electron chi connectivity index (χ3n) is 2.94. The van der Waals surface area contributed by atoms with Crippen LogP contribution < -0.4 is 5.32 Å². The van der Waals surface area contributed by atoms with Crippen molar-refractivity contribution in [1.82, 2.24) is 4.90 Å². The fraction of sp³-hybridized carbons (Fsp3) is 0.333. The molecule has 20 heavy (non-hydrogen) atoms. The Hall–Kier alpha value is -1.47. The maximum atomic E-state index is 13.6. The molecule has 2 N–H and O–H groups in total. The summed E-state index contributed by atoms with van der Waals surface area (Å²) < 4.78 is 13.6. The Morgan fingerprint density at radius 3 is 2.85 bits per heavy atom. The summed E-state index contributed by atoms with van der Waals surface area (Å²) in [4.78, 5) is 24.4. The second-order valence-electron chi connectivity index (χ2n) is 4.22. The number of nitrogens with zero attached hydrogens (tertiary/aromatic N) is 1. The molecule has 108 valence electrons. The van der Waals surface area contributed by atoms with Crippen LogP contribution in [0.15, 0.2) is 18.2 Å².